The zero-order valence-corrected chi connectivity index (χ0v) is 13.5. The van der Waals surface area contributed by atoms with Crippen molar-refractivity contribution in [2.45, 2.75) is 44.8 Å². The van der Waals surface area contributed by atoms with E-state index in [0.29, 0.717) is 36.8 Å². The van der Waals surface area contributed by atoms with Crippen molar-refractivity contribution in [1.29, 1.82) is 0 Å². The second-order valence-electron chi connectivity index (χ2n) is 7.26. The maximum atomic E-state index is 10.5. The van der Waals surface area contributed by atoms with E-state index in [1.54, 1.807) is 0 Å². The quantitative estimate of drug-likeness (QED) is 0.874. The minimum atomic E-state index is -0.934. The van der Waals surface area contributed by atoms with Gasteiger partial charge in [0.2, 0.25) is 0 Å². The Hall–Kier alpha value is -1.17. The number of pyridine rings is 1. The van der Waals surface area contributed by atoms with Crippen LogP contribution in [0.3, 0.4) is 0 Å². The van der Waals surface area contributed by atoms with Gasteiger partial charge in [0, 0.05) is 19.6 Å². The van der Waals surface area contributed by atoms with Crippen LogP contribution in [0.4, 0.5) is 5.82 Å². The molecule has 5 nitrogen and oxygen atoms in total. The molecule has 1 aromatic rings. The second-order valence-corrected chi connectivity index (χ2v) is 7.26. The lowest BCUT2D eigenvalue weighted by molar-refractivity contribution is 0.0195. The van der Waals surface area contributed by atoms with Crippen LogP contribution in [-0.2, 0) is 15.1 Å². The van der Waals surface area contributed by atoms with Gasteiger partial charge in [-0.05, 0) is 30.4 Å². The predicted molar refractivity (Wildman–Crippen MR) is 84.8 cm³/mol. The summed E-state index contributed by atoms with van der Waals surface area (Å²) >= 11 is 0. The summed E-state index contributed by atoms with van der Waals surface area (Å²) in [5.41, 5.74) is 0.0541. The highest BCUT2D eigenvalue weighted by Crippen LogP contribution is 2.33. The molecule has 0 amide bonds. The van der Waals surface area contributed by atoms with Crippen molar-refractivity contribution in [2.24, 2.45) is 5.41 Å². The molecule has 0 aromatic carbocycles. The number of hydrogen-bond acceptors (Lipinski definition) is 5. The van der Waals surface area contributed by atoms with Gasteiger partial charge < -0.3 is 19.9 Å². The van der Waals surface area contributed by atoms with Crippen molar-refractivity contribution in [2.75, 3.05) is 31.7 Å². The number of aliphatic hydroxyl groups is 1. The van der Waals surface area contributed by atoms with Crippen LogP contribution in [0.1, 0.15) is 38.8 Å². The third-order valence-electron chi connectivity index (χ3n) is 4.49. The Bertz CT molecular complexity index is 512. The molecule has 1 aromatic heterocycles. The van der Waals surface area contributed by atoms with Gasteiger partial charge in [0.1, 0.15) is 11.4 Å². The van der Waals surface area contributed by atoms with E-state index in [1.165, 1.54) is 0 Å². The van der Waals surface area contributed by atoms with Gasteiger partial charge in [-0.25, -0.2) is 4.98 Å². The highest BCUT2D eigenvalue weighted by Gasteiger charge is 2.35. The van der Waals surface area contributed by atoms with Gasteiger partial charge in [-0.3, -0.25) is 0 Å². The average Bonchev–Trinajstić information content (AvgIpc) is 3.06. The molecule has 2 atom stereocenters. The minimum Gasteiger partial charge on any atom is -0.381 e. The van der Waals surface area contributed by atoms with Gasteiger partial charge in [-0.2, -0.15) is 0 Å². The molecular formula is C17H26N2O3. The molecule has 122 valence electrons. The van der Waals surface area contributed by atoms with E-state index in [4.69, 9.17) is 9.47 Å². The fourth-order valence-corrected chi connectivity index (χ4v) is 3.17. The number of rotatable bonds is 5. The van der Waals surface area contributed by atoms with Gasteiger partial charge in [0.05, 0.1) is 25.0 Å². The van der Waals surface area contributed by atoms with E-state index in [-0.39, 0.29) is 0 Å². The molecule has 0 bridgehead atoms. The second kappa shape index (κ2) is 6.14. The number of anilines is 1. The van der Waals surface area contributed by atoms with Crippen LogP contribution in [0, 0.1) is 5.41 Å². The standard InChI is InChI=1S/C17H26N2O3/c1-16(2)10-13(22-11-16)6-8-18-15-5-3-4-14(19-15)17(20)7-9-21-12-17/h3-5,13,20H,6-12H2,1-2H3,(H,18,19). The Morgan fingerprint density at radius 3 is 2.91 bits per heavy atom. The number of ether oxygens (including phenoxy) is 2. The van der Waals surface area contributed by atoms with E-state index in [2.05, 4.69) is 24.1 Å². The fourth-order valence-electron chi connectivity index (χ4n) is 3.17. The van der Waals surface area contributed by atoms with Crippen LogP contribution in [-0.4, -0.2) is 42.6 Å². The van der Waals surface area contributed by atoms with Gasteiger partial charge >= 0.3 is 0 Å². The Balaban J connectivity index is 1.53. The normalized spacial score (nSPS) is 30.6. The Morgan fingerprint density at radius 1 is 1.36 bits per heavy atom. The zero-order chi connectivity index (χ0) is 15.6. The van der Waals surface area contributed by atoms with Crippen LogP contribution in [0.5, 0.6) is 0 Å². The first kappa shape index (κ1) is 15.7. The lowest BCUT2D eigenvalue weighted by Gasteiger charge is -2.20. The molecule has 2 aliphatic heterocycles. The number of hydrogen-bond donors (Lipinski definition) is 2. The van der Waals surface area contributed by atoms with Crippen molar-refractivity contribution in [1.82, 2.24) is 4.98 Å². The maximum Gasteiger partial charge on any atom is 0.132 e. The van der Waals surface area contributed by atoms with E-state index >= 15 is 0 Å². The van der Waals surface area contributed by atoms with Crippen LogP contribution < -0.4 is 5.32 Å². The first-order valence-electron chi connectivity index (χ1n) is 8.10. The van der Waals surface area contributed by atoms with Crippen molar-refractivity contribution >= 4 is 5.82 Å². The molecule has 0 aliphatic carbocycles. The molecule has 0 saturated carbocycles. The minimum absolute atomic E-state index is 0.300. The van der Waals surface area contributed by atoms with Gasteiger partial charge in [0.25, 0.3) is 0 Å². The number of nitrogens with one attached hydrogen (secondary N) is 1. The highest BCUT2D eigenvalue weighted by molar-refractivity contribution is 5.36. The first-order valence-corrected chi connectivity index (χ1v) is 8.10. The topological polar surface area (TPSA) is 63.6 Å². The van der Waals surface area contributed by atoms with Crippen molar-refractivity contribution in [3.05, 3.63) is 23.9 Å². The van der Waals surface area contributed by atoms with Gasteiger partial charge in [-0.15, -0.1) is 0 Å². The van der Waals surface area contributed by atoms with Crippen LogP contribution >= 0.6 is 0 Å². The summed E-state index contributed by atoms with van der Waals surface area (Å²) in [5, 5.41) is 13.8. The van der Waals surface area contributed by atoms with Crippen molar-refractivity contribution < 1.29 is 14.6 Å². The average molecular weight is 306 g/mol. The summed E-state index contributed by atoms with van der Waals surface area (Å²) < 4.78 is 11.1. The molecule has 2 aliphatic rings. The number of nitrogens with zero attached hydrogens (tertiary/aromatic N) is 1. The zero-order valence-electron chi connectivity index (χ0n) is 13.5. The predicted octanol–water partition coefficient (Wildman–Crippen LogP) is 2.31. The molecule has 3 rings (SSSR count). The molecule has 5 heteroatoms. The molecule has 2 fully saturated rings. The summed E-state index contributed by atoms with van der Waals surface area (Å²) in [4.78, 5) is 4.54. The molecule has 0 spiro atoms. The summed E-state index contributed by atoms with van der Waals surface area (Å²) in [6.45, 7) is 7.08. The van der Waals surface area contributed by atoms with Crippen LogP contribution in [0.25, 0.3) is 0 Å². The monoisotopic (exact) mass is 306 g/mol. The smallest absolute Gasteiger partial charge is 0.132 e. The maximum absolute atomic E-state index is 10.5. The molecule has 22 heavy (non-hydrogen) atoms. The summed E-state index contributed by atoms with van der Waals surface area (Å²) in [5.74, 6) is 0.801. The molecule has 3 heterocycles. The summed E-state index contributed by atoms with van der Waals surface area (Å²) in [6, 6.07) is 5.72. The summed E-state index contributed by atoms with van der Waals surface area (Å²) in [7, 11) is 0. The molecule has 2 unspecified atom stereocenters. The Kier molecular flexibility index (Phi) is 4.39. The van der Waals surface area contributed by atoms with E-state index in [9.17, 15) is 5.11 Å². The largest absolute Gasteiger partial charge is 0.381 e. The SMILES string of the molecule is CC1(C)COC(CCNc2cccc(C3(O)CCOC3)n2)C1. The number of aromatic nitrogens is 1. The van der Waals surface area contributed by atoms with Crippen molar-refractivity contribution in [3.8, 4) is 0 Å². The van der Waals surface area contributed by atoms with Crippen molar-refractivity contribution in [3.63, 3.8) is 0 Å². The van der Waals surface area contributed by atoms with E-state index in [0.717, 1.165) is 31.8 Å². The third-order valence-corrected chi connectivity index (χ3v) is 4.49. The molecule has 2 saturated heterocycles. The lowest BCUT2D eigenvalue weighted by Crippen LogP contribution is -2.27. The van der Waals surface area contributed by atoms with Crippen LogP contribution in [0.15, 0.2) is 18.2 Å². The van der Waals surface area contributed by atoms with Gasteiger partial charge in [0.15, 0.2) is 0 Å². The summed E-state index contributed by atoms with van der Waals surface area (Å²) in [6.07, 6.45) is 3.02. The molecular weight excluding hydrogens is 280 g/mol. The third kappa shape index (κ3) is 3.59. The Morgan fingerprint density at radius 2 is 2.23 bits per heavy atom. The fraction of sp³-hybridized carbons (Fsp3) is 0.706. The highest BCUT2D eigenvalue weighted by atomic mass is 16.5. The van der Waals surface area contributed by atoms with E-state index < -0.39 is 5.60 Å². The lowest BCUT2D eigenvalue weighted by atomic mass is 9.90. The first-order chi connectivity index (χ1) is 10.5. The molecule has 2 N–H and O–H groups in total. The Labute approximate surface area is 132 Å². The molecule has 0 radical (unpaired) electrons. The van der Waals surface area contributed by atoms with Crippen LogP contribution in [0.2, 0.25) is 0 Å². The van der Waals surface area contributed by atoms with Gasteiger partial charge in [-0.1, -0.05) is 19.9 Å². The van der Waals surface area contributed by atoms with E-state index in [1.807, 2.05) is 18.2 Å².